The van der Waals surface area contributed by atoms with Crippen molar-refractivity contribution in [3.05, 3.63) is 65.2 Å². The summed E-state index contributed by atoms with van der Waals surface area (Å²) < 4.78 is 0. The molecule has 2 aliphatic rings. The summed E-state index contributed by atoms with van der Waals surface area (Å²) in [6.45, 7) is 0.309. The molecule has 1 fully saturated rings. The molecular formula is C19H18N2O2S. The van der Waals surface area contributed by atoms with E-state index < -0.39 is 5.54 Å². The second-order valence-electron chi connectivity index (χ2n) is 6.23. The van der Waals surface area contributed by atoms with E-state index in [-0.39, 0.29) is 11.9 Å². The van der Waals surface area contributed by atoms with Gasteiger partial charge in [0.05, 0.1) is 6.54 Å². The maximum Gasteiger partial charge on any atom is 0.325 e. The van der Waals surface area contributed by atoms with Gasteiger partial charge in [-0.2, -0.15) is 0 Å². The number of amides is 3. The second-order valence-corrected chi connectivity index (χ2v) is 7.11. The molecule has 4 nitrogen and oxygen atoms in total. The Hall–Kier alpha value is -2.27. The average molecular weight is 338 g/mol. The van der Waals surface area contributed by atoms with Crippen molar-refractivity contribution in [3.63, 3.8) is 0 Å². The van der Waals surface area contributed by atoms with Crippen molar-refractivity contribution in [2.24, 2.45) is 0 Å². The molecule has 0 unspecified atom stereocenters. The van der Waals surface area contributed by atoms with Gasteiger partial charge in [0.2, 0.25) is 0 Å². The average Bonchev–Trinajstić information content (AvgIpc) is 3.10. The third kappa shape index (κ3) is 2.23. The highest BCUT2D eigenvalue weighted by atomic mass is 32.2. The number of hydrogen-bond acceptors (Lipinski definition) is 3. The summed E-state index contributed by atoms with van der Waals surface area (Å²) in [4.78, 5) is 28.0. The van der Waals surface area contributed by atoms with E-state index in [1.54, 1.807) is 11.8 Å². The topological polar surface area (TPSA) is 49.4 Å². The van der Waals surface area contributed by atoms with Crippen LogP contribution < -0.4 is 5.32 Å². The third-order valence-electron chi connectivity index (χ3n) is 4.92. The molecule has 24 heavy (non-hydrogen) atoms. The van der Waals surface area contributed by atoms with Gasteiger partial charge in [-0.3, -0.25) is 9.69 Å². The van der Waals surface area contributed by atoms with E-state index in [4.69, 9.17) is 0 Å². The summed E-state index contributed by atoms with van der Waals surface area (Å²) in [5, 5.41) is 2.96. The van der Waals surface area contributed by atoms with Gasteiger partial charge in [-0.1, -0.05) is 36.4 Å². The van der Waals surface area contributed by atoms with E-state index in [0.29, 0.717) is 13.0 Å². The van der Waals surface area contributed by atoms with Crippen molar-refractivity contribution < 1.29 is 9.59 Å². The fraction of sp³-hybridized carbons (Fsp3) is 0.263. The van der Waals surface area contributed by atoms with Gasteiger partial charge in [0.15, 0.2) is 0 Å². The minimum absolute atomic E-state index is 0.133. The Labute approximate surface area is 145 Å². The van der Waals surface area contributed by atoms with Crippen molar-refractivity contribution in [1.29, 1.82) is 0 Å². The Kier molecular flexibility index (Phi) is 3.61. The molecule has 3 amide bonds. The first kappa shape index (κ1) is 15.3. The Bertz CT molecular complexity index is 818. The maximum absolute atomic E-state index is 13.1. The number of benzene rings is 2. The van der Waals surface area contributed by atoms with Crippen molar-refractivity contribution in [1.82, 2.24) is 10.2 Å². The van der Waals surface area contributed by atoms with Crippen LogP contribution in [-0.4, -0.2) is 23.1 Å². The Balaban J connectivity index is 1.63. The van der Waals surface area contributed by atoms with Gasteiger partial charge < -0.3 is 5.32 Å². The van der Waals surface area contributed by atoms with E-state index in [1.165, 1.54) is 4.90 Å². The number of fused-ring (bicyclic) bond motifs is 2. The van der Waals surface area contributed by atoms with Crippen LogP contribution in [0, 0.1) is 0 Å². The molecule has 0 bridgehead atoms. The summed E-state index contributed by atoms with van der Waals surface area (Å²) >= 11 is 1.67. The largest absolute Gasteiger partial charge is 0.325 e. The smallest absolute Gasteiger partial charge is 0.319 e. The monoisotopic (exact) mass is 338 g/mol. The molecule has 0 radical (unpaired) electrons. The molecule has 1 N–H and O–H groups in total. The molecule has 1 aliphatic heterocycles. The second kappa shape index (κ2) is 5.67. The zero-order chi connectivity index (χ0) is 16.7. The Morgan fingerprint density at radius 1 is 1.12 bits per heavy atom. The highest BCUT2D eigenvalue weighted by Gasteiger charge is 2.55. The number of rotatable bonds is 3. The number of thioether (sulfide) groups is 1. The zero-order valence-corrected chi connectivity index (χ0v) is 14.2. The summed E-state index contributed by atoms with van der Waals surface area (Å²) in [7, 11) is 0. The lowest BCUT2D eigenvalue weighted by Crippen LogP contribution is -2.41. The number of nitrogens with zero attached hydrogens (tertiary/aromatic N) is 1. The molecule has 0 saturated carbocycles. The van der Waals surface area contributed by atoms with Gasteiger partial charge in [-0.25, -0.2) is 4.79 Å². The van der Waals surface area contributed by atoms with Crippen molar-refractivity contribution in [2.75, 3.05) is 6.26 Å². The van der Waals surface area contributed by atoms with Gasteiger partial charge >= 0.3 is 6.03 Å². The number of carbonyl (C=O) groups excluding carboxylic acids is 2. The normalized spacial score (nSPS) is 22.1. The van der Waals surface area contributed by atoms with Gasteiger partial charge in [-0.05, 0) is 47.9 Å². The summed E-state index contributed by atoms with van der Waals surface area (Å²) in [6, 6.07) is 15.6. The van der Waals surface area contributed by atoms with Gasteiger partial charge in [0.1, 0.15) is 5.54 Å². The van der Waals surface area contributed by atoms with Crippen LogP contribution in [0.2, 0.25) is 0 Å². The third-order valence-corrected chi connectivity index (χ3v) is 5.67. The lowest BCUT2D eigenvalue weighted by Gasteiger charge is -2.22. The molecule has 1 atom stereocenters. The summed E-state index contributed by atoms with van der Waals surface area (Å²) in [5.41, 5.74) is 2.19. The van der Waals surface area contributed by atoms with Crippen LogP contribution >= 0.6 is 11.8 Å². The molecule has 1 aliphatic carbocycles. The molecule has 2 aromatic rings. The summed E-state index contributed by atoms with van der Waals surface area (Å²) in [6.07, 6.45) is 3.48. The Morgan fingerprint density at radius 2 is 1.88 bits per heavy atom. The van der Waals surface area contributed by atoms with E-state index in [0.717, 1.165) is 28.0 Å². The predicted molar refractivity (Wildman–Crippen MR) is 93.7 cm³/mol. The van der Waals surface area contributed by atoms with Crippen LogP contribution in [0.3, 0.4) is 0 Å². The molecule has 0 aromatic heterocycles. The number of nitrogens with one attached hydrogen (secondary N) is 1. The minimum Gasteiger partial charge on any atom is -0.319 e. The minimum atomic E-state index is -0.868. The number of imide groups is 1. The van der Waals surface area contributed by atoms with Crippen LogP contribution in [0.5, 0.6) is 0 Å². The van der Waals surface area contributed by atoms with Crippen molar-refractivity contribution in [3.8, 4) is 0 Å². The molecule has 4 rings (SSSR count). The molecule has 122 valence electrons. The quantitative estimate of drug-likeness (QED) is 0.690. The first-order chi connectivity index (χ1) is 11.6. The molecule has 1 spiro atoms. The van der Waals surface area contributed by atoms with Crippen molar-refractivity contribution >= 4 is 23.7 Å². The molecule has 2 aromatic carbocycles. The first-order valence-corrected chi connectivity index (χ1v) is 9.22. The van der Waals surface area contributed by atoms with Crippen LogP contribution in [0.4, 0.5) is 4.79 Å². The van der Waals surface area contributed by atoms with Gasteiger partial charge in [-0.15, -0.1) is 11.8 Å². The van der Waals surface area contributed by atoms with Crippen LogP contribution in [0.25, 0.3) is 0 Å². The number of aryl methyl sites for hydroxylation is 1. The predicted octanol–water partition coefficient (Wildman–Crippen LogP) is 3.30. The fourth-order valence-electron chi connectivity index (χ4n) is 3.65. The van der Waals surface area contributed by atoms with Gasteiger partial charge in [0, 0.05) is 4.90 Å². The van der Waals surface area contributed by atoms with Gasteiger partial charge in [0.25, 0.3) is 5.91 Å². The van der Waals surface area contributed by atoms with Crippen LogP contribution in [0.15, 0.2) is 53.4 Å². The number of hydrogen-bond donors (Lipinski definition) is 1. The van der Waals surface area contributed by atoms with E-state index >= 15 is 0 Å². The molecular weight excluding hydrogens is 320 g/mol. The fourth-order valence-corrected chi connectivity index (χ4v) is 4.05. The van der Waals surface area contributed by atoms with Crippen molar-refractivity contribution in [2.45, 2.75) is 29.8 Å². The lowest BCUT2D eigenvalue weighted by molar-refractivity contribution is -0.132. The van der Waals surface area contributed by atoms with E-state index in [9.17, 15) is 9.59 Å². The maximum atomic E-state index is 13.1. The van der Waals surface area contributed by atoms with Crippen LogP contribution in [-0.2, 0) is 23.3 Å². The Morgan fingerprint density at radius 3 is 2.62 bits per heavy atom. The van der Waals surface area contributed by atoms with Crippen LogP contribution in [0.1, 0.15) is 23.1 Å². The molecule has 1 saturated heterocycles. The molecule has 5 heteroatoms. The standard InChI is InChI=1S/C19H18N2O2S/c1-24-15-8-6-13(7-9-15)12-21-17(22)19(20-18(21)23)11-10-14-4-2-3-5-16(14)19/h2-9H,10-12H2,1H3,(H,20,23)/t19-/m0/s1. The first-order valence-electron chi connectivity index (χ1n) is 7.99. The van der Waals surface area contributed by atoms with E-state index in [1.807, 2.05) is 54.8 Å². The number of carbonyl (C=O) groups is 2. The lowest BCUT2D eigenvalue weighted by atomic mass is 9.92. The highest BCUT2D eigenvalue weighted by Crippen LogP contribution is 2.41. The van der Waals surface area contributed by atoms with E-state index in [2.05, 4.69) is 5.32 Å². The summed E-state index contributed by atoms with van der Waals surface area (Å²) in [5.74, 6) is -0.133. The zero-order valence-electron chi connectivity index (χ0n) is 13.4. The molecule has 1 heterocycles. The highest BCUT2D eigenvalue weighted by molar-refractivity contribution is 7.98. The number of urea groups is 1. The SMILES string of the molecule is CSc1ccc(CN2C(=O)N[C@]3(CCc4ccccc43)C2=O)cc1.